The van der Waals surface area contributed by atoms with Crippen LogP contribution in [0, 0.1) is 23.2 Å². The van der Waals surface area contributed by atoms with Crippen molar-refractivity contribution >= 4 is 46.1 Å². The number of rotatable bonds is 9. The third-order valence-electron chi connectivity index (χ3n) is 10.6. The number of carbonyl (C=O) groups is 4. The molecule has 3 unspecified atom stereocenters. The number of carbonyl (C=O) groups excluding carboxylic acids is 4. The first-order valence-corrected chi connectivity index (χ1v) is 17.4. The molecule has 1 aliphatic carbocycles. The van der Waals surface area contributed by atoms with Crippen molar-refractivity contribution in [2.45, 2.75) is 40.0 Å². The van der Waals surface area contributed by atoms with Crippen LogP contribution in [0.4, 0.5) is 11.4 Å². The van der Waals surface area contributed by atoms with Crippen molar-refractivity contribution in [2.24, 2.45) is 23.2 Å². The third-order valence-corrected chi connectivity index (χ3v) is 10.6. The Bertz CT molecular complexity index is 2170. The van der Waals surface area contributed by atoms with Gasteiger partial charge < -0.3 is 20.9 Å². The first-order chi connectivity index (χ1) is 24.9. The smallest absolute Gasteiger partial charge is 0.259 e. The minimum Gasteiger partial charge on any atom is -0.457 e. The topological polar surface area (TPSA) is 163 Å². The van der Waals surface area contributed by atoms with Gasteiger partial charge in [0.2, 0.25) is 0 Å². The molecular weight excluding hydrogens is 656 g/mol. The van der Waals surface area contributed by atoms with Crippen molar-refractivity contribution in [1.29, 1.82) is 0 Å². The lowest BCUT2D eigenvalue weighted by atomic mass is 9.56. The summed E-state index contributed by atoms with van der Waals surface area (Å²) in [6.45, 7) is 6.23. The van der Waals surface area contributed by atoms with E-state index in [4.69, 9.17) is 20.9 Å². The molecular formula is C42H40N4O6. The van der Waals surface area contributed by atoms with Gasteiger partial charge in [-0.05, 0) is 90.8 Å². The molecule has 2 heterocycles. The quantitative estimate of drug-likeness (QED) is 0.107. The molecule has 52 heavy (non-hydrogen) atoms. The average Bonchev–Trinajstić information content (AvgIpc) is 3.58. The van der Waals surface area contributed by atoms with Gasteiger partial charge in [0.15, 0.2) is 0 Å². The van der Waals surface area contributed by atoms with Crippen LogP contribution in [0.5, 0.6) is 23.0 Å². The number of nitrogens with two attached hydrogens (primary N) is 2. The lowest BCUT2D eigenvalue weighted by molar-refractivity contribution is -0.126. The largest absolute Gasteiger partial charge is 0.457 e. The highest BCUT2D eigenvalue weighted by Crippen LogP contribution is 2.56. The molecule has 0 saturated heterocycles. The number of anilines is 2. The fourth-order valence-corrected chi connectivity index (χ4v) is 7.85. The summed E-state index contributed by atoms with van der Waals surface area (Å²) in [4.78, 5) is 54.9. The van der Waals surface area contributed by atoms with Crippen LogP contribution in [0.3, 0.4) is 0 Å². The van der Waals surface area contributed by atoms with Gasteiger partial charge in [0.05, 0.1) is 11.1 Å². The number of amides is 4. The molecule has 4 aromatic rings. The van der Waals surface area contributed by atoms with E-state index in [9.17, 15) is 19.2 Å². The van der Waals surface area contributed by atoms with Crippen LogP contribution in [0.2, 0.25) is 0 Å². The molecule has 1 saturated carbocycles. The first-order valence-electron chi connectivity index (χ1n) is 17.4. The number of nitrogens with one attached hydrogen (secondary N) is 2. The summed E-state index contributed by atoms with van der Waals surface area (Å²) in [5.74, 6) is 0.158. The summed E-state index contributed by atoms with van der Waals surface area (Å²) < 4.78 is 11.9. The zero-order valence-corrected chi connectivity index (χ0v) is 29.2. The van der Waals surface area contributed by atoms with E-state index in [1.54, 1.807) is 97.1 Å². The van der Waals surface area contributed by atoms with Crippen LogP contribution >= 0.6 is 0 Å². The Balaban J connectivity index is 1.30. The second-order valence-corrected chi connectivity index (χ2v) is 14.3. The summed E-state index contributed by atoms with van der Waals surface area (Å²) in [6, 6.07) is 28.1. The fourth-order valence-electron chi connectivity index (χ4n) is 7.85. The van der Waals surface area contributed by atoms with Crippen LogP contribution in [-0.4, -0.2) is 23.6 Å². The SMILES string of the molecule is CC(C)C1CCC(C)(C2=C(c3ccc(Oc4cccc(N)c4)cc3)C(=O)NC2=O)C(C2=C(c3ccc(Oc4cccc(N)c4)cc3)C(=O)NC2=O)C1. The number of ether oxygens (including phenoxy) is 2. The van der Waals surface area contributed by atoms with Gasteiger partial charge in [0.1, 0.15) is 23.0 Å². The van der Waals surface area contributed by atoms with Crippen LogP contribution in [-0.2, 0) is 19.2 Å². The predicted octanol–water partition coefficient (Wildman–Crippen LogP) is 7.03. The Kier molecular flexibility index (Phi) is 8.92. The Hall–Kier alpha value is -6.16. The van der Waals surface area contributed by atoms with Crippen LogP contribution in [0.25, 0.3) is 11.1 Å². The monoisotopic (exact) mass is 696 g/mol. The molecule has 7 rings (SSSR count). The highest BCUT2D eigenvalue weighted by molar-refractivity contribution is 6.38. The number of imide groups is 2. The Morgan fingerprint density at radius 2 is 1.15 bits per heavy atom. The van der Waals surface area contributed by atoms with Crippen LogP contribution < -0.4 is 31.6 Å². The average molecular weight is 697 g/mol. The van der Waals surface area contributed by atoms with E-state index in [1.807, 2.05) is 6.92 Å². The number of hydrogen-bond donors (Lipinski definition) is 4. The van der Waals surface area contributed by atoms with E-state index in [-0.39, 0.29) is 17.1 Å². The molecule has 264 valence electrons. The lowest BCUT2D eigenvalue weighted by Gasteiger charge is -2.46. The second kappa shape index (κ2) is 13.5. The summed E-state index contributed by atoms with van der Waals surface area (Å²) in [5.41, 5.74) is 14.2. The van der Waals surface area contributed by atoms with Gasteiger partial charge in [-0.2, -0.15) is 0 Å². The zero-order chi connectivity index (χ0) is 36.7. The number of hydrogen-bond acceptors (Lipinski definition) is 8. The van der Waals surface area contributed by atoms with E-state index < -0.39 is 35.0 Å². The molecule has 0 bridgehead atoms. The van der Waals surface area contributed by atoms with Crippen molar-refractivity contribution in [1.82, 2.24) is 10.6 Å². The molecule has 1 fully saturated rings. The van der Waals surface area contributed by atoms with E-state index >= 15 is 0 Å². The molecule has 3 atom stereocenters. The molecule has 6 N–H and O–H groups in total. The van der Waals surface area contributed by atoms with E-state index in [0.717, 1.165) is 6.42 Å². The maximum absolute atomic E-state index is 13.9. The normalized spacial score (nSPS) is 21.8. The predicted molar refractivity (Wildman–Crippen MR) is 199 cm³/mol. The van der Waals surface area contributed by atoms with Crippen molar-refractivity contribution in [2.75, 3.05) is 11.5 Å². The third kappa shape index (κ3) is 6.43. The maximum atomic E-state index is 13.9. The van der Waals surface area contributed by atoms with E-state index in [0.29, 0.717) is 75.4 Å². The number of benzene rings is 4. The molecule has 2 aliphatic heterocycles. The molecule has 10 nitrogen and oxygen atoms in total. The van der Waals surface area contributed by atoms with Crippen molar-refractivity contribution in [3.05, 3.63) is 119 Å². The highest BCUT2D eigenvalue weighted by Gasteiger charge is 2.54. The summed E-state index contributed by atoms with van der Waals surface area (Å²) in [7, 11) is 0. The van der Waals surface area contributed by atoms with Gasteiger partial charge in [-0.3, -0.25) is 29.8 Å². The minimum absolute atomic E-state index is 0.220. The van der Waals surface area contributed by atoms with Crippen LogP contribution in [0.1, 0.15) is 51.2 Å². The van der Waals surface area contributed by atoms with Crippen molar-refractivity contribution in [3.63, 3.8) is 0 Å². The maximum Gasteiger partial charge on any atom is 0.259 e. The molecule has 4 amide bonds. The minimum atomic E-state index is -0.966. The Morgan fingerprint density at radius 1 is 0.654 bits per heavy atom. The lowest BCUT2D eigenvalue weighted by Crippen LogP contribution is -2.42. The van der Waals surface area contributed by atoms with E-state index in [1.165, 1.54) is 0 Å². The zero-order valence-electron chi connectivity index (χ0n) is 29.2. The second-order valence-electron chi connectivity index (χ2n) is 14.3. The van der Waals surface area contributed by atoms with Gasteiger partial charge in [-0.25, -0.2) is 0 Å². The van der Waals surface area contributed by atoms with Gasteiger partial charge in [0.25, 0.3) is 23.6 Å². The van der Waals surface area contributed by atoms with Gasteiger partial charge >= 0.3 is 0 Å². The Morgan fingerprint density at radius 3 is 1.67 bits per heavy atom. The van der Waals surface area contributed by atoms with Gasteiger partial charge in [-0.15, -0.1) is 0 Å². The summed E-state index contributed by atoms with van der Waals surface area (Å²) >= 11 is 0. The van der Waals surface area contributed by atoms with E-state index in [2.05, 4.69) is 24.5 Å². The Labute approximate surface area is 301 Å². The van der Waals surface area contributed by atoms with Gasteiger partial charge in [-0.1, -0.05) is 57.2 Å². The molecule has 3 aliphatic rings. The summed E-state index contributed by atoms with van der Waals surface area (Å²) in [6.07, 6.45) is 1.86. The number of nitrogen functional groups attached to an aromatic ring is 2. The van der Waals surface area contributed by atoms with Gasteiger partial charge in [0, 0.05) is 46.0 Å². The van der Waals surface area contributed by atoms with Crippen LogP contribution in [0.15, 0.2) is 108 Å². The molecule has 0 radical (unpaired) electrons. The fraction of sp³-hybridized carbons (Fsp3) is 0.238. The molecule has 0 aromatic heterocycles. The molecule has 0 spiro atoms. The first kappa shape index (κ1) is 34.3. The van der Waals surface area contributed by atoms with Crippen molar-refractivity contribution < 1.29 is 28.7 Å². The highest BCUT2D eigenvalue weighted by atomic mass is 16.5. The molecule has 4 aromatic carbocycles. The standard InChI is InChI=1S/C42H40N4O6/c1-23(2)26-18-19-42(3,37-35(39(48)46-41(37)50)25-12-16-30(17-13-25)52-32-9-5-7-28(44)22-32)33(20-26)36-34(38(47)45-40(36)49)24-10-14-29(15-11-24)51-31-8-4-6-27(43)21-31/h4-17,21-23,26,33H,18-20,43-44H2,1-3H3,(H,45,47,49)(H,46,48,50). The summed E-state index contributed by atoms with van der Waals surface area (Å²) in [5, 5.41) is 5.07. The van der Waals surface area contributed by atoms with Crippen molar-refractivity contribution in [3.8, 4) is 23.0 Å². The molecule has 10 heteroatoms.